The van der Waals surface area contributed by atoms with Crippen LogP contribution in [0, 0.1) is 5.92 Å². The Morgan fingerprint density at radius 3 is 3.00 bits per heavy atom. The highest BCUT2D eigenvalue weighted by molar-refractivity contribution is 7.87. The van der Waals surface area contributed by atoms with Crippen LogP contribution in [-0.4, -0.2) is 48.4 Å². The van der Waals surface area contributed by atoms with Gasteiger partial charge in [0.05, 0.1) is 11.6 Å². The second kappa shape index (κ2) is 7.36. The van der Waals surface area contributed by atoms with Crippen LogP contribution in [-0.2, 0) is 21.4 Å². The van der Waals surface area contributed by atoms with Gasteiger partial charge in [-0.25, -0.2) is 9.71 Å². The van der Waals surface area contributed by atoms with E-state index in [0.29, 0.717) is 37.4 Å². The van der Waals surface area contributed by atoms with Gasteiger partial charge in [0.2, 0.25) is 0 Å². The van der Waals surface area contributed by atoms with Crippen molar-refractivity contribution >= 4 is 32.6 Å². The quantitative estimate of drug-likeness (QED) is 0.608. The molecular formula is C12H20N4O4S2. The van der Waals surface area contributed by atoms with Crippen LogP contribution in [0.4, 0.5) is 5.13 Å². The topological polar surface area (TPSA) is 126 Å². The molecule has 4 N–H and O–H groups in total. The maximum Gasteiger partial charge on any atom is 0.307 e. The van der Waals surface area contributed by atoms with Crippen LogP contribution in [0.2, 0.25) is 0 Å². The molecule has 0 aliphatic carbocycles. The number of aliphatic carboxylic acids is 1. The molecule has 1 aliphatic heterocycles. The number of carbonyl (C=O) groups is 1. The van der Waals surface area contributed by atoms with Crippen LogP contribution in [0.5, 0.6) is 0 Å². The van der Waals surface area contributed by atoms with Gasteiger partial charge in [-0.2, -0.15) is 12.7 Å². The SMILES string of the molecule is Nc1nc(CCCNS(=O)(=O)N2CCCC(C(=O)O)C2)cs1. The summed E-state index contributed by atoms with van der Waals surface area (Å²) in [6.07, 6.45) is 2.34. The van der Waals surface area contributed by atoms with Crippen LogP contribution in [0.15, 0.2) is 5.38 Å². The van der Waals surface area contributed by atoms with Crippen molar-refractivity contribution in [3.05, 3.63) is 11.1 Å². The monoisotopic (exact) mass is 348 g/mol. The van der Waals surface area contributed by atoms with Crippen LogP contribution in [0.1, 0.15) is 25.0 Å². The van der Waals surface area contributed by atoms with Crippen LogP contribution in [0.3, 0.4) is 0 Å². The van der Waals surface area contributed by atoms with Gasteiger partial charge >= 0.3 is 5.97 Å². The Kier molecular flexibility index (Phi) is 5.73. The Bertz CT molecular complexity index is 616. The summed E-state index contributed by atoms with van der Waals surface area (Å²) in [4.78, 5) is 15.1. The second-order valence-corrected chi connectivity index (χ2v) is 7.86. The number of thiazole rings is 1. The summed E-state index contributed by atoms with van der Waals surface area (Å²) in [6, 6.07) is 0. The molecule has 1 fully saturated rings. The number of hydrogen-bond donors (Lipinski definition) is 3. The fourth-order valence-corrected chi connectivity index (χ4v) is 4.29. The Hall–Kier alpha value is -1.23. The highest BCUT2D eigenvalue weighted by atomic mass is 32.2. The molecule has 1 atom stereocenters. The lowest BCUT2D eigenvalue weighted by atomic mass is 10.0. The summed E-state index contributed by atoms with van der Waals surface area (Å²) < 4.78 is 28.0. The Morgan fingerprint density at radius 1 is 1.59 bits per heavy atom. The maximum absolute atomic E-state index is 12.2. The highest BCUT2D eigenvalue weighted by Crippen LogP contribution is 2.18. The molecule has 22 heavy (non-hydrogen) atoms. The predicted molar refractivity (Wildman–Crippen MR) is 83.7 cm³/mol. The van der Waals surface area contributed by atoms with Gasteiger partial charge in [-0.1, -0.05) is 0 Å². The third-order valence-corrected chi connectivity index (χ3v) is 5.84. The molecule has 2 heterocycles. The number of nitrogens with two attached hydrogens (primary N) is 1. The standard InChI is InChI=1S/C12H20N4O4S2/c13-12-15-10(8-21-12)4-1-5-14-22(19,20)16-6-2-3-9(7-16)11(17)18/h8-9,14H,1-7H2,(H2,13,15)(H,17,18). The van der Waals surface area contributed by atoms with E-state index in [-0.39, 0.29) is 13.1 Å². The molecule has 10 heteroatoms. The molecule has 1 unspecified atom stereocenters. The van der Waals surface area contributed by atoms with E-state index in [1.807, 2.05) is 5.38 Å². The number of carboxylic acids is 1. The van der Waals surface area contributed by atoms with Gasteiger partial charge in [-0.05, 0) is 25.7 Å². The molecule has 1 aromatic rings. The number of nitrogen functional groups attached to an aromatic ring is 1. The maximum atomic E-state index is 12.2. The number of piperidine rings is 1. The number of aryl methyl sites for hydroxylation is 1. The second-order valence-electron chi connectivity index (χ2n) is 5.22. The first kappa shape index (κ1) is 17.1. The molecule has 0 saturated carbocycles. The van der Waals surface area contributed by atoms with E-state index in [4.69, 9.17) is 10.8 Å². The molecule has 8 nitrogen and oxygen atoms in total. The summed E-state index contributed by atoms with van der Waals surface area (Å²) in [5.41, 5.74) is 6.38. The molecule has 0 spiro atoms. The van der Waals surface area contributed by atoms with Crippen LogP contribution in [0.25, 0.3) is 0 Å². The number of aromatic nitrogens is 1. The minimum atomic E-state index is -3.62. The molecule has 1 saturated heterocycles. The normalized spacial score (nSPS) is 20.1. The summed E-state index contributed by atoms with van der Waals surface area (Å²) in [5.74, 6) is -1.57. The predicted octanol–water partition coefficient (Wildman–Crippen LogP) is 0.289. The van der Waals surface area contributed by atoms with Gasteiger partial charge in [-0.15, -0.1) is 11.3 Å². The van der Waals surface area contributed by atoms with Crippen LogP contribution >= 0.6 is 11.3 Å². The van der Waals surface area contributed by atoms with Crippen molar-refractivity contribution in [3.63, 3.8) is 0 Å². The van der Waals surface area contributed by atoms with Crippen molar-refractivity contribution in [1.29, 1.82) is 0 Å². The number of nitrogens with one attached hydrogen (secondary N) is 1. The first-order valence-electron chi connectivity index (χ1n) is 7.06. The van der Waals surface area contributed by atoms with Gasteiger partial charge in [0.25, 0.3) is 10.2 Å². The minimum absolute atomic E-state index is 0.0350. The van der Waals surface area contributed by atoms with Crippen molar-refractivity contribution in [1.82, 2.24) is 14.0 Å². The lowest BCUT2D eigenvalue weighted by Gasteiger charge is -2.29. The van der Waals surface area contributed by atoms with Gasteiger partial charge in [0.15, 0.2) is 5.13 Å². The molecule has 0 radical (unpaired) electrons. The first-order valence-corrected chi connectivity index (χ1v) is 9.38. The van der Waals surface area contributed by atoms with E-state index in [1.54, 1.807) is 0 Å². The molecule has 1 aromatic heterocycles. The van der Waals surface area contributed by atoms with Crippen molar-refractivity contribution in [2.24, 2.45) is 5.92 Å². The summed E-state index contributed by atoms with van der Waals surface area (Å²) in [5, 5.41) is 11.4. The van der Waals surface area contributed by atoms with E-state index in [0.717, 1.165) is 5.69 Å². The number of anilines is 1. The summed E-state index contributed by atoms with van der Waals surface area (Å²) in [6.45, 7) is 0.684. The molecule has 0 amide bonds. The lowest BCUT2D eigenvalue weighted by Crippen LogP contribution is -2.47. The Balaban J connectivity index is 1.79. The van der Waals surface area contributed by atoms with E-state index >= 15 is 0 Å². The van der Waals surface area contributed by atoms with Crippen molar-refractivity contribution in [2.45, 2.75) is 25.7 Å². The summed E-state index contributed by atoms with van der Waals surface area (Å²) >= 11 is 1.36. The van der Waals surface area contributed by atoms with Gasteiger partial charge < -0.3 is 10.8 Å². The molecule has 1 aliphatic rings. The van der Waals surface area contributed by atoms with Crippen molar-refractivity contribution in [2.75, 3.05) is 25.4 Å². The fourth-order valence-electron chi connectivity index (χ4n) is 2.36. The largest absolute Gasteiger partial charge is 0.481 e. The Morgan fingerprint density at radius 2 is 2.36 bits per heavy atom. The third-order valence-electron chi connectivity index (χ3n) is 3.54. The summed E-state index contributed by atoms with van der Waals surface area (Å²) in [7, 11) is -3.62. The van der Waals surface area contributed by atoms with Gasteiger partial charge in [-0.3, -0.25) is 4.79 Å². The fraction of sp³-hybridized carbons (Fsp3) is 0.667. The molecule has 0 aromatic carbocycles. The lowest BCUT2D eigenvalue weighted by molar-refractivity contribution is -0.142. The third kappa shape index (κ3) is 4.63. The molecule has 0 bridgehead atoms. The molecular weight excluding hydrogens is 328 g/mol. The van der Waals surface area contributed by atoms with E-state index in [1.165, 1.54) is 15.6 Å². The van der Waals surface area contributed by atoms with E-state index in [2.05, 4.69) is 9.71 Å². The minimum Gasteiger partial charge on any atom is -0.481 e. The van der Waals surface area contributed by atoms with Crippen molar-refractivity contribution in [3.8, 4) is 0 Å². The number of hydrogen-bond acceptors (Lipinski definition) is 6. The smallest absolute Gasteiger partial charge is 0.307 e. The average Bonchev–Trinajstić information content (AvgIpc) is 2.89. The zero-order valence-electron chi connectivity index (χ0n) is 12.1. The average molecular weight is 348 g/mol. The zero-order chi connectivity index (χ0) is 16.2. The van der Waals surface area contributed by atoms with E-state index < -0.39 is 22.1 Å². The molecule has 2 rings (SSSR count). The Labute approximate surface area is 133 Å². The van der Waals surface area contributed by atoms with Crippen molar-refractivity contribution < 1.29 is 18.3 Å². The zero-order valence-corrected chi connectivity index (χ0v) is 13.7. The first-order chi connectivity index (χ1) is 10.4. The van der Waals surface area contributed by atoms with Crippen LogP contribution < -0.4 is 10.5 Å². The number of nitrogens with zero attached hydrogens (tertiary/aromatic N) is 2. The van der Waals surface area contributed by atoms with Gasteiger partial charge in [0.1, 0.15) is 0 Å². The van der Waals surface area contributed by atoms with E-state index in [9.17, 15) is 13.2 Å². The molecule has 124 valence electrons. The number of rotatable bonds is 7. The highest BCUT2D eigenvalue weighted by Gasteiger charge is 2.31. The van der Waals surface area contributed by atoms with Gasteiger partial charge in [0, 0.05) is 25.0 Å². The number of carboxylic acid groups (broad SMARTS) is 1.